The third kappa shape index (κ3) is 10.6. The topological polar surface area (TPSA) is 178 Å². The molecule has 0 aliphatic carbocycles. The summed E-state index contributed by atoms with van der Waals surface area (Å²) in [6, 6.07) is 14.8. The van der Waals surface area contributed by atoms with Gasteiger partial charge in [0.05, 0.1) is 14.2 Å². The molecule has 0 spiro atoms. The molecule has 0 aromatic heterocycles. The number of ether oxygens (including phenoxy) is 2. The predicted octanol–water partition coefficient (Wildman–Crippen LogP) is 1.23. The molecule has 13 nitrogen and oxygen atoms in total. The highest BCUT2D eigenvalue weighted by Crippen LogP contribution is 2.15. The second kappa shape index (κ2) is 16.3. The fourth-order valence-corrected chi connectivity index (χ4v) is 3.94. The molecule has 2 amide bonds. The molecule has 2 rings (SSSR count). The number of amides is 2. The monoisotopic (exact) mass is 556 g/mol. The van der Waals surface area contributed by atoms with Gasteiger partial charge in [0.1, 0.15) is 22.9 Å². The van der Waals surface area contributed by atoms with Crippen LogP contribution in [-0.2, 0) is 32.0 Å². The first-order valence-corrected chi connectivity index (χ1v) is 12.7. The number of nitrogens with zero attached hydrogens (tertiary/aromatic N) is 3. The highest BCUT2D eigenvalue weighted by atomic mass is 16.7. The van der Waals surface area contributed by atoms with Crippen molar-refractivity contribution in [2.75, 3.05) is 27.8 Å². The van der Waals surface area contributed by atoms with E-state index < -0.39 is 29.0 Å². The van der Waals surface area contributed by atoms with Gasteiger partial charge in [0.2, 0.25) is 11.8 Å². The average molecular weight is 557 g/mol. The van der Waals surface area contributed by atoms with Crippen molar-refractivity contribution in [1.82, 2.24) is 15.5 Å². The normalized spacial score (nSPS) is 12.5. The molecule has 4 N–H and O–H groups in total. The molecule has 0 radical (unpaired) electrons. The molecular formula is C27H36N6O7. The minimum absolute atomic E-state index is 0.157. The summed E-state index contributed by atoms with van der Waals surface area (Å²) in [6.45, 7) is 0.170. The van der Waals surface area contributed by atoms with Gasteiger partial charge in [-0.2, -0.15) is 0 Å². The Hall–Kier alpha value is -4.68. The number of nitro groups is 1. The first kappa shape index (κ1) is 31.5. The van der Waals surface area contributed by atoms with Gasteiger partial charge in [-0.15, -0.1) is 0 Å². The van der Waals surface area contributed by atoms with Crippen molar-refractivity contribution in [3.63, 3.8) is 0 Å². The van der Waals surface area contributed by atoms with E-state index in [1.54, 1.807) is 14.2 Å². The molecule has 0 saturated heterocycles. The van der Waals surface area contributed by atoms with Crippen LogP contribution in [0.3, 0.4) is 0 Å². The molecule has 2 aromatic carbocycles. The highest BCUT2D eigenvalue weighted by molar-refractivity contribution is 5.91. The van der Waals surface area contributed by atoms with Gasteiger partial charge in [0.25, 0.3) is 5.96 Å². The molecule has 13 heteroatoms. The summed E-state index contributed by atoms with van der Waals surface area (Å²) in [5, 5.41) is 17.7. The number of carbonyl (C=O) groups is 3. The molecule has 0 bridgehead atoms. The predicted molar refractivity (Wildman–Crippen MR) is 148 cm³/mol. The largest absolute Gasteiger partial charge is 0.497 e. The number of guanidine groups is 1. The Morgan fingerprint density at radius 3 is 2.35 bits per heavy atom. The number of benzene rings is 2. The zero-order chi connectivity index (χ0) is 29.5. The number of nitrogens with one attached hydrogen (secondary N) is 2. The van der Waals surface area contributed by atoms with Crippen molar-refractivity contribution in [1.29, 1.82) is 0 Å². The van der Waals surface area contributed by atoms with Crippen LogP contribution < -0.4 is 21.1 Å². The van der Waals surface area contributed by atoms with Gasteiger partial charge >= 0.3 is 5.97 Å². The van der Waals surface area contributed by atoms with E-state index in [0.717, 1.165) is 16.9 Å². The van der Waals surface area contributed by atoms with Gasteiger partial charge in [-0.05, 0) is 42.5 Å². The molecule has 0 heterocycles. The van der Waals surface area contributed by atoms with E-state index in [1.165, 1.54) is 12.0 Å². The molecule has 0 saturated carbocycles. The van der Waals surface area contributed by atoms with Gasteiger partial charge in [-0.3, -0.25) is 9.59 Å². The maximum atomic E-state index is 13.5. The van der Waals surface area contributed by atoms with E-state index in [0.29, 0.717) is 12.8 Å². The number of methoxy groups -OCH3 is 2. The van der Waals surface area contributed by atoms with Crippen LogP contribution in [0.25, 0.3) is 0 Å². The summed E-state index contributed by atoms with van der Waals surface area (Å²) in [5.41, 5.74) is 7.20. The fourth-order valence-electron chi connectivity index (χ4n) is 3.94. The van der Waals surface area contributed by atoms with Crippen LogP contribution >= 0.6 is 0 Å². The number of nitrogens with two attached hydrogens (primary N) is 1. The molecule has 0 aliphatic rings. The molecule has 40 heavy (non-hydrogen) atoms. The number of hydrogen-bond donors (Lipinski definition) is 3. The Morgan fingerprint density at radius 1 is 1.07 bits per heavy atom. The maximum absolute atomic E-state index is 13.5. The lowest BCUT2D eigenvalue weighted by atomic mass is 10.0. The number of hydrazone groups is 1. The standard InChI is InChI=1S/C27H36N6O7/c1-32(24(34)16-13-19-11-14-21(39-2)15-12-19)23(18-20-8-5-4-6-9-20)25(35)30-22(26(36)40-3)10-7-17-29-27(28)31-33(37)38/h4-6,8-9,11-12,14-15,22-23H,7,10,13,16-18H2,1-3H3,(H,30,35)(H3,28,29,31)/t22-,23+/m0/s1. The smallest absolute Gasteiger partial charge is 0.328 e. The SMILES string of the molecule is COC(=O)[C@H](CCCN/C(N)=N/[N+](=O)[O-])NC(=O)[C@@H](Cc1ccccc1)N(C)C(=O)CCc1ccc(OC)cc1. The number of hydrogen-bond acceptors (Lipinski definition) is 7. The highest BCUT2D eigenvalue weighted by Gasteiger charge is 2.30. The number of rotatable bonds is 15. The lowest BCUT2D eigenvalue weighted by Crippen LogP contribution is -2.53. The third-order valence-corrected chi connectivity index (χ3v) is 6.19. The zero-order valence-corrected chi connectivity index (χ0v) is 22.9. The van der Waals surface area contributed by atoms with Crippen molar-refractivity contribution in [3.05, 3.63) is 75.8 Å². The molecule has 2 atom stereocenters. The summed E-state index contributed by atoms with van der Waals surface area (Å²) in [4.78, 5) is 50.8. The second-order valence-electron chi connectivity index (χ2n) is 8.93. The van der Waals surface area contributed by atoms with Crippen LogP contribution in [0, 0.1) is 10.1 Å². The maximum Gasteiger partial charge on any atom is 0.328 e. The number of esters is 1. The second-order valence-corrected chi connectivity index (χ2v) is 8.93. The van der Waals surface area contributed by atoms with E-state index >= 15 is 0 Å². The number of likely N-dealkylation sites (N-methyl/N-ethyl adjacent to an activating group) is 1. The minimum Gasteiger partial charge on any atom is -0.497 e. The number of aryl methyl sites for hydroxylation is 1. The quantitative estimate of drug-likeness (QED) is 0.0726. The Labute approximate surface area is 232 Å². The van der Waals surface area contributed by atoms with Crippen LogP contribution in [0.15, 0.2) is 59.7 Å². The van der Waals surface area contributed by atoms with E-state index in [1.807, 2.05) is 54.6 Å². The van der Waals surface area contributed by atoms with E-state index in [2.05, 4.69) is 15.7 Å². The zero-order valence-electron chi connectivity index (χ0n) is 22.9. The van der Waals surface area contributed by atoms with Crippen molar-refractivity contribution in [2.24, 2.45) is 10.8 Å². The first-order chi connectivity index (χ1) is 19.1. The van der Waals surface area contributed by atoms with E-state index in [9.17, 15) is 24.5 Å². The van der Waals surface area contributed by atoms with Gasteiger partial charge in [-0.1, -0.05) is 42.5 Å². The summed E-state index contributed by atoms with van der Waals surface area (Å²) in [6.07, 6.45) is 1.37. The van der Waals surface area contributed by atoms with Gasteiger partial charge in [-0.25, -0.2) is 14.9 Å². The van der Waals surface area contributed by atoms with Crippen LogP contribution in [0.5, 0.6) is 5.75 Å². The molecule has 0 unspecified atom stereocenters. The lowest BCUT2D eigenvalue weighted by molar-refractivity contribution is -0.485. The van der Waals surface area contributed by atoms with Gasteiger partial charge < -0.3 is 30.7 Å². The van der Waals surface area contributed by atoms with Crippen LogP contribution in [0.2, 0.25) is 0 Å². The summed E-state index contributed by atoms with van der Waals surface area (Å²) in [7, 11) is 4.35. The average Bonchev–Trinajstić information content (AvgIpc) is 2.95. The van der Waals surface area contributed by atoms with E-state index in [-0.39, 0.29) is 37.7 Å². The summed E-state index contributed by atoms with van der Waals surface area (Å²) >= 11 is 0. The summed E-state index contributed by atoms with van der Waals surface area (Å²) < 4.78 is 10.0. The third-order valence-electron chi connectivity index (χ3n) is 6.19. The van der Waals surface area contributed by atoms with Crippen molar-refractivity contribution in [3.8, 4) is 5.75 Å². The van der Waals surface area contributed by atoms with Gasteiger partial charge in [0.15, 0.2) is 5.03 Å². The first-order valence-electron chi connectivity index (χ1n) is 12.7. The number of carbonyl (C=O) groups excluding carboxylic acids is 3. The van der Waals surface area contributed by atoms with E-state index in [4.69, 9.17) is 15.2 Å². The van der Waals surface area contributed by atoms with Crippen LogP contribution in [0.4, 0.5) is 0 Å². The Kier molecular flexibility index (Phi) is 12.9. The Bertz CT molecular complexity index is 1160. The Balaban J connectivity index is 2.10. The molecule has 0 aliphatic heterocycles. The summed E-state index contributed by atoms with van der Waals surface area (Å²) in [5.74, 6) is -1.06. The molecule has 0 fully saturated rings. The molecule has 2 aromatic rings. The Morgan fingerprint density at radius 2 is 1.75 bits per heavy atom. The van der Waals surface area contributed by atoms with Gasteiger partial charge in [0, 0.05) is 26.4 Å². The molecular weight excluding hydrogens is 520 g/mol. The van der Waals surface area contributed by atoms with Crippen molar-refractivity contribution in [2.45, 2.75) is 44.2 Å². The fraction of sp³-hybridized carbons (Fsp3) is 0.407. The van der Waals surface area contributed by atoms with Crippen LogP contribution in [-0.4, -0.2) is 73.6 Å². The minimum atomic E-state index is -1.01. The van der Waals surface area contributed by atoms with Crippen LogP contribution in [0.1, 0.15) is 30.4 Å². The molecule has 216 valence electrons. The van der Waals surface area contributed by atoms with Crippen molar-refractivity contribution >= 4 is 23.7 Å². The van der Waals surface area contributed by atoms with Crippen molar-refractivity contribution < 1.29 is 28.9 Å². The lowest BCUT2D eigenvalue weighted by Gasteiger charge is -2.29.